The molecule has 1 aliphatic heterocycles. The van der Waals surface area contributed by atoms with Gasteiger partial charge in [-0.1, -0.05) is 86.6 Å². The van der Waals surface area contributed by atoms with Gasteiger partial charge in [-0.15, -0.1) is 0 Å². The summed E-state index contributed by atoms with van der Waals surface area (Å²) in [4.78, 5) is 19.4. The fraction of sp³-hybridized carbons (Fsp3) is 0.297. The molecule has 0 aromatic heterocycles. The van der Waals surface area contributed by atoms with Crippen molar-refractivity contribution in [3.63, 3.8) is 0 Å². The quantitative estimate of drug-likeness (QED) is 0.114. The van der Waals surface area contributed by atoms with E-state index in [1.165, 1.54) is 0 Å². The van der Waals surface area contributed by atoms with Crippen LogP contribution in [0.3, 0.4) is 0 Å². The molecule has 0 unspecified atom stereocenters. The average molecular weight is 656 g/mol. The van der Waals surface area contributed by atoms with Gasteiger partial charge in [-0.25, -0.2) is 18.8 Å². The van der Waals surface area contributed by atoms with E-state index in [9.17, 15) is 13.2 Å². The van der Waals surface area contributed by atoms with Gasteiger partial charge in [-0.05, 0) is 59.0 Å². The predicted octanol–water partition coefficient (Wildman–Crippen LogP) is 5.51. The van der Waals surface area contributed by atoms with Crippen molar-refractivity contribution in [2.45, 2.75) is 43.2 Å². The molecule has 3 N–H and O–H groups in total. The number of nitrogens with zero attached hydrogens (tertiary/aromatic N) is 1. The smallest absolute Gasteiger partial charge is 0.266 e. The van der Waals surface area contributed by atoms with E-state index in [0.29, 0.717) is 36.4 Å². The molecule has 0 saturated heterocycles. The van der Waals surface area contributed by atoms with Crippen LogP contribution < -0.4 is 15.6 Å². The lowest BCUT2D eigenvalue weighted by Crippen LogP contribution is -2.54. The van der Waals surface area contributed by atoms with Crippen LogP contribution in [-0.2, 0) is 19.4 Å². The van der Waals surface area contributed by atoms with Crippen LogP contribution in [0.2, 0.25) is 0 Å². The number of aliphatic hydroxyl groups excluding tert-OH is 1. The Labute approximate surface area is 276 Å². The summed E-state index contributed by atoms with van der Waals surface area (Å²) in [5, 5.41) is 9.07. The van der Waals surface area contributed by atoms with E-state index >= 15 is 0 Å². The minimum atomic E-state index is -3.76. The molecule has 5 rings (SSSR count). The fourth-order valence-corrected chi connectivity index (χ4v) is 6.72. The van der Waals surface area contributed by atoms with Crippen LogP contribution in [0.25, 0.3) is 11.1 Å². The topological polar surface area (TPSA) is 126 Å². The third-order valence-corrected chi connectivity index (χ3v) is 9.65. The van der Waals surface area contributed by atoms with Gasteiger partial charge in [0, 0.05) is 31.6 Å². The summed E-state index contributed by atoms with van der Waals surface area (Å²) in [7, 11) is -3.76. The highest BCUT2D eigenvalue weighted by molar-refractivity contribution is 7.91. The number of amides is 1. The maximum atomic E-state index is 14.3. The van der Waals surface area contributed by atoms with Crippen molar-refractivity contribution >= 4 is 21.6 Å². The Hall–Kier alpha value is -4.51. The van der Waals surface area contributed by atoms with Crippen molar-refractivity contribution in [1.29, 1.82) is 0 Å². The minimum absolute atomic E-state index is 0.0343. The molecule has 0 bridgehead atoms. The highest BCUT2D eigenvalue weighted by Crippen LogP contribution is 2.43. The molecule has 0 radical (unpaired) electrons. The third-order valence-electron chi connectivity index (χ3n) is 7.92. The first-order valence-electron chi connectivity index (χ1n) is 15.8. The average Bonchev–Trinajstić information content (AvgIpc) is 3.49. The molecule has 1 aliphatic rings. The number of hydrazine groups is 1. The monoisotopic (exact) mass is 655 g/mol. The second kappa shape index (κ2) is 15.4. The van der Waals surface area contributed by atoms with Gasteiger partial charge >= 0.3 is 0 Å². The van der Waals surface area contributed by atoms with E-state index in [0.717, 1.165) is 11.1 Å². The summed E-state index contributed by atoms with van der Waals surface area (Å²) in [6.07, 6.45) is -0.540. The molecular formula is C37H41N3O6S. The molecule has 47 heavy (non-hydrogen) atoms. The fourth-order valence-electron chi connectivity index (χ4n) is 5.33. The second-order valence-electron chi connectivity index (χ2n) is 11.9. The largest absolute Gasteiger partial charge is 0.494 e. The van der Waals surface area contributed by atoms with Gasteiger partial charge in [0.2, 0.25) is 5.90 Å². The van der Waals surface area contributed by atoms with Crippen molar-refractivity contribution in [3.8, 4) is 16.9 Å². The lowest BCUT2D eigenvalue weighted by atomic mass is 9.84. The van der Waals surface area contributed by atoms with Crippen LogP contribution in [0.4, 0.5) is 0 Å². The van der Waals surface area contributed by atoms with Crippen LogP contribution in [-0.4, -0.2) is 56.4 Å². The van der Waals surface area contributed by atoms with E-state index in [-0.39, 0.29) is 35.5 Å². The first-order chi connectivity index (χ1) is 22.7. The molecule has 4 aromatic rings. The summed E-state index contributed by atoms with van der Waals surface area (Å²) in [6.45, 7) is 4.95. The first kappa shape index (κ1) is 33.8. The Bertz CT molecular complexity index is 1750. The van der Waals surface area contributed by atoms with E-state index in [1.807, 2.05) is 68.4 Å². The zero-order chi connectivity index (χ0) is 33.3. The molecule has 0 fully saturated rings. The van der Waals surface area contributed by atoms with Gasteiger partial charge in [-0.3, -0.25) is 10.2 Å². The van der Waals surface area contributed by atoms with Crippen LogP contribution in [0.1, 0.15) is 43.9 Å². The number of aliphatic hydroxyl groups is 1. The summed E-state index contributed by atoms with van der Waals surface area (Å²) in [5.41, 5.74) is 7.51. The van der Waals surface area contributed by atoms with Crippen LogP contribution in [0.5, 0.6) is 5.75 Å². The van der Waals surface area contributed by atoms with Crippen molar-refractivity contribution in [2.75, 3.05) is 25.5 Å². The zero-order valence-electron chi connectivity index (χ0n) is 26.6. The lowest BCUT2D eigenvalue weighted by molar-refractivity contribution is -0.130. The Morgan fingerprint density at radius 2 is 1.51 bits per heavy atom. The molecule has 0 spiro atoms. The maximum absolute atomic E-state index is 14.3. The number of hydrogen-bond donors (Lipinski definition) is 3. The molecule has 9 nitrogen and oxygen atoms in total. The predicted molar refractivity (Wildman–Crippen MR) is 183 cm³/mol. The van der Waals surface area contributed by atoms with E-state index in [2.05, 4.69) is 10.9 Å². The van der Waals surface area contributed by atoms with Crippen molar-refractivity contribution < 1.29 is 27.8 Å². The Morgan fingerprint density at radius 1 is 0.894 bits per heavy atom. The van der Waals surface area contributed by atoms with Gasteiger partial charge < -0.3 is 14.6 Å². The van der Waals surface area contributed by atoms with Crippen LogP contribution in [0.15, 0.2) is 119 Å². The highest BCUT2D eigenvalue weighted by Gasteiger charge is 2.53. The molecule has 4 aromatic carbocycles. The highest BCUT2D eigenvalue weighted by atomic mass is 32.2. The number of hydrogen-bond acceptors (Lipinski definition) is 8. The number of sulfone groups is 1. The Balaban J connectivity index is 1.55. The van der Waals surface area contributed by atoms with Gasteiger partial charge in [0.25, 0.3) is 5.91 Å². The number of carbonyl (C=O) groups excluding carboxylic acids is 1. The van der Waals surface area contributed by atoms with Gasteiger partial charge in [0.15, 0.2) is 21.5 Å². The summed E-state index contributed by atoms with van der Waals surface area (Å²) in [6, 6.07) is 33.0. The number of carbonyl (C=O) groups is 1. The van der Waals surface area contributed by atoms with E-state index < -0.39 is 27.4 Å². The molecule has 2 atom stereocenters. The number of nitrogens with one attached hydrogen (secondary N) is 2. The normalized spacial score (nSPS) is 17.6. The second-order valence-corrected chi connectivity index (χ2v) is 14.0. The molecule has 246 valence electrons. The van der Waals surface area contributed by atoms with Gasteiger partial charge in [0.1, 0.15) is 5.75 Å². The number of aliphatic imine (C=N–C) groups is 1. The summed E-state index contributed by atoms with van der Waals surface area (Å²) >= 11 is 0. The molecule has 1 amide bonds. The molecule has 1 heterocycles. The van der Waals surface area contributed by atoms with Crippen molar-refractivity contribution in [1.82, 2.24) is 10.9 Å². The van der Waals surface area contributed by atoms with E-state index in [4.69, 9.17) is 19.6 Å². The van der Waals surface area contributed by atoms with Gasteiger partial charge in [0.05, 0.1) is 17.3 Å². The standard InChI is InChI=1S/C37H41N3O6S/c1-27(2)26-38-40-36(42)37(22-25-47(43,44)33-12-7-4-8-13-33)34(30-16-14-29(15-17-30)28-10-5-3-6-11-28)46-35(39-37)31-18-20-32(21-19-31)45-24-9-23-41/h3-8,10-21,27,34,38,41H,9,22-26H2,1-2H3,(H,40,42)/t34-,37-/m0/s1. The SMILES string of the molecule is CC(C)CNNC(=O)[C@@]1(CCS(=O)(=O)c2ccccc2)N=C(c2ccc(OCCCO)cc2)O[C@H]1c1ccc(-c2ccccc2)cc1. The molecule has 10 heteroatoms. The molecule has 0 saturated carbocycles. The van der Waals surface area contributed by atoms with Crippen LogP contribution >= 0.6 is 0 Å². The Morgan fingerprint density at radius 3 is 2.15 bits per heavy atom. The summed E-state index contributed by atoms with van der Waals surface area (Å²) < 4.78 is 39.3. The number of rotatable bonds is 15. The lowest BCUT2D eigenvalue weighted by Gasteiger charge is -2.31. The maximum Gasteiger partial charge on any atom is 0.266 e. The first-order valence-corrected chi connectivity index (χ1v) is 17.4. The summed E-state index contributed by atoms with van der Waals surface area (Å²) in [5.74, 6) is 0.274. The van der Waals surface area contributed by atoms with Crippen molar-refractivity contribution in [3.05, 3.63) is 120 Å². The minimum Gasteiger partial charge on any atom is -0.494 e. The third kappa shape index (κ3) is 8.26. The van der Waals surface area contributed by atoms with E-state index in [1.54, 1.807) is 54.6 Å². The number of ether oxygens (including phenoxy) is 2. The Kier molecular flexibility index (Phi) is 11.1. The zero-order valence-corrected chi connectivity index (χ0v) is 27.5. The molecular weight excluding hydrogens is 614 g/mol. The van der Waals surface area contributed by atoms with Crippen LogP contribution in [0, 0.1) is 5.92 Å². The van der Waals surface area contributed by atoms with Gasteiger partial charge in [-0.2, -0.15) is 0 Å². The number of benzene rings is 4. The molecule has 0 aliphatic carbocycles. The van der Waals surface area contributed by atoms with Crippen molar-refractivity contribution in [2.24, 2.45) is 10.9 Å².